The molecule has 1 aromatic heterocycles. The lowest BCUT2D eigenvalue weighted by molar-refractivity contribution is 0.0951. The molecule has 1 amide bonds. The molecule has 0 bridgehead atoms. The predicted molar refractivity (Wildman–Crippen MR) is 88.9 cm³/mol. The van der Waals surface area contributed by atoms with E-state index in [0.29, 0.717) is 41.7 Å². The molecule has 3 aromatic rings. The summed E-state index contributed by atoms with van der Waals surface area (Å²) < 4.78 is 42.6. The molecule has 1 N–H and O–H groups in total. The Bertz CT molecular complexity index is 1090. The average Bonchev–Trinajstić information content (AvgIpc) is 2.90. The summed E-state index contributed by atoms with van der Waals surface area (Å²) in [4.78, 5) is 12.3. The van der Waals surface area contributed by atoms with Gasteiger partial charge in [-0.15, -0.1) is 0 Å². The molecule has 130 valence electrons. The minimum atomic E-state index is -1.55. The molecule has 0 aliphatic carbocycles. The van der Waals surface area contributed by atoms with Crippen LogP contribution in [-0.4, -0.2) is 17.0 Å². The Balaban J connectivity index is 2.08. The van der Waals surface area contributed by atoms with Crippen LogP contribution in [0, 0.1) is 28.8 Å². The van der Waals surface area contributed by atoms with Crippen molar-refractivity contribution in [2.45, 2.75) is 13.0 Å². The summed E-state index contributed by atoms with van der Waals surface area (Å²) in [6.45, 7) is 1.05. The minimum Gasteiger partial charge on any atom is -0.351 e. The lowest BCUT2D eigenvalue weighted by Gasteiger charge is -2.11. The van der Waals surface area contributed by atoms with Gasteiger partial charge >= 0.3 is 0 Å². The van der Waals surface area contributed by atoms with Gasteiger partial charge in [0.2, 0.25) is 0 Å². The van der Waals surface area contributed by atoms with Crippen LogP contribution in [0.25, 0.3) is 22.0 Å². The molecule has 4 rings (SSSR count). The maximum absolute atomic E-state index is 13.7. The highest BCUT2D eigenvalue weighted by molar-refractivity contribution is 6.03. The van der Waals surface area contributed by atoms with E-state index in [9.17, 15) is 23.2 Å². The fourth-order valence-electron chi connectivity index (χ4n) is 3.36. The standard InChI is InChI=1S/C19H12F3N3O/c20-14-6-11(7-15(21)17(14)22)13-5-10(9-23)4-12-8-16-19(26)24-2-1-3-25(16)18(12)13/h4-8H,1-3H2,(H,24,26). The quantitative estimate of drug-likeness (QED) is 0.676. The van der Waals surface area contributed by atoms with E-state index in [1.54, 1.807) is 16.7 Å². The zero-order valence-electron chi connectivity index (χ0n) is 13.4. The molecule has 0 saturated heterocycles. The van der Waals surface area contributed by atoms with Gasteiger partial charge in [0, 0.05) is 24.0 Å². The minimum absolute atomic E-state index is 0.106. The van der Waals surface area contributed by atoms with Crippen LogP contribution < -0.4 is 5.32 Å². The van der Waals surface area contributed by atoms with Crippen LogP contribution >= 0.6 is 0 Å². The van der Waals surface area contributed by atoms with E-state index in [-0.39, 0.29) is 17.0 Å². The summed E-state index contributed by atoms with van der Waals surface area (Å²) in [6, 6.07) is 8.55. The van der Waals surface area contributed by atoms with Gasteiger partial charge in [0.25, 0.3) is 5.91 Å². The molecular weight excluding hydrogens is 343 g/mol. The first-order valence-electron chi connectivity index (χ1n) is 8.00. The fraction of sp³-hybridized carbons (Fsp3) is 0.158. The molecule has 0 atom stereocenters. The number of carbonyl (C=O) groups excluding carboxylic acids is 1. The van der Waals surface area contributed by atoms with Gasteiger partial charge in [-0.2, -0.15) is 5.26 Å². The van der Waals surface area contributed by atoms with E-state index in [0.717, 1.165) is 12.1 Å². The molecular formula is C19H12F3N3O. The van der Waals surface area contributed by atoms with E-state index in [2.05, 4.69) is 5.32 Å². The maximum Gasteiger partial charge on any atom is 0.267 e. The first kappa shape index (κ1) is 16.2. The van der Waals surface area contributed by atoms with Crippen LogP contribution in [0.4, 0.5) is 13.2 Å². The number of fused-ring (bicyclic) bond motifs is 3. The third kappa shape index (κ3) is 2.42. The largest absolute Gasteiger partial charge is 0.351 e. The van der Waals surface area contributed by atoms with Crippen LogP contribution in [0.1, 0.15) is 22.5 Å². The molecule has 1 aliphatic rings. The molecule has 0 fully saturated rings. The van der Waals surface area contributed by atoms with Crippen LogP contribution in [0.5, 0.6) is 0 Å². The number of hydrogen-bond donors (Lipinski definition) is 1. The average molecular weight is 355 g/mol. The second kappa shape index (κ2) is 5.92. The zero-order chi connectivity index (χ0) is 18.4. The third-order valence-electron chi connectivity index (χ3n) is 4.49. The zero-order valence-corrected chi connectivity index (χ0v) is 13.4. The highest BCUT2D eigenvalue weighted by atomic mass is 19.2. The normalized spacial score (nSPS) is 13.8. The van der Waals surface area contributed by atoms with Crippen LogP contribution in [0.15, 0.2) is 30.3 Å². The fourth-order valence-corrected chi connectivity index (χ4v) is 3.36. The smallest absolute Gasteiger partial charge is 0.267 e. The molecule has 1 aliphatic heterocycles. The second-order valence-corrected chi connectivity index (χ2v) is 6.12. The summed E-state index contributed by atoms with van der Waals surface area (Å²) in [5.74, 6) is -4.42. The van der Waals surface area contributed by atoms with Crippen molar-refractivity contribution in [3.8, 4) is 17.2 Å². The Morgan fingerprint density at radius 1 is 1.08 bits per heavy atom. The van der Waals surface area contributed by atoms with Gasteiger partial charge in [0.1, 0.15) is 5.69 Å². The lowest BCUT2D eigenvalue weighted by atomic mass is 9.99. The molecule has 2 heterocycles. The van der Waals surface area contributed by atoms with Gasteiger partial charge in [-0.1, -0.05) is 0 Å². The Labute approximate surface area is 146 Å². The highest BCUT2D eigenvalue weighted by Crippen LogP contribution is 2.34. The molecule has 0 saturated carbocycles. The number of aryl methyl sites for hydroxylation is 1. The van der Waals surface area contributed by atoms with Gasteiger partial charge < -0.3 is 9.88 Å². The maximum atomic E-state index is 13.7. The molecule has 2 aromatic carbocycles. The van der Waals surface area contributed by atoms with Crippen molar-refractivity contribution in [3.05, 3.63) is 59.0 Å². The third-order valence-corrected chi connectivity index (χ3v) is 4.49. The number of aromatic nitrogens is 1. The van der Waals surface area contributed by atoms with Crippen molar-refractivity contribution in [2.24, 2.45) is 0 Å². The van der Waals surface area contributed by atoms with E-state index in [4.69, 9.17) is 0 Å². The molecule has 26 heavy (non-hydrogen) atoms. The first-order chi connectivity index (χ1) is 12.5. The molecule has 0 radical (unpaired) electrons. The molecule has 7 heteroatoms. The van der Waals surface area contributed by atoms with Crippen molar-refractivity contribution in [3.63, 3.8) is 0 Å². The highest BCUT2D eigenvalue weighted by Gasteiger charge is 2.22. The number of nitrogens with one attached hydrogen (secondary N) is 1. The van der Waals surface area contributed by atoms with Crippen molar-refractivity contribution >= 4 is 16.8 Å². The monoisotopic (exact) mass is 355 g/mol. The van der Waals surface area contributed by atoms with Gasteiger partial charge in [0.05, 0.1) is 17.1 Å². The number of nitrogens with zero attached hydrogens (tertiary/aromatic N) is 2. The molecule has 4 nitrogen and oxygen atoms in total. The first-order valence-corrected chi connectivity index (χ1v) is 8.00. The summed E-state index contributed by atoms with van der Waals surface area (Å²) in [6.07, 6.45) is 0.689. The van der Waals surface area contributed by atoms with Crippen molar-refractivity contribution in [1.82, 2.24) is 9.88 Å². The van der Waals surface area contributed by atoms with Gasteiger partial charge in [-0.25, -0.2) is 13.2 Å². The SMILES string of the molecule is N#Cc1cc(-c2cc(F)c(F)c(F)c2)c2c(c1)cc1n2CCCNC1=O. The summed E-state index contributed by atoms with van der Waals surface area (Å²) >= 11 is 0. The molecule has 0 unspecified atom stereocenters. The summed E-state index contributed by atoms with van der Waals surface area (Å²) in [5, 5.41) is 12.7. The van der Waals surface area contributed by atoms with Gasteiger partial charge in [-0.05, 0) is 42.3 Å². The van der Waals surface area contributed by atoms with Crippen LogP contribution in [-0.2, 0) is 6.54 Å². The van der Waals surface area contributed by atoms with Gasteiger partial charge in [0.15, 0.2) is 17.5 Å². The van der Waals surface area contributed by atoms with Crippen LogP contribution in [0.3, 0.4) is 0 Å². The number of benzene rings is 2. The Morgan fingerprint density at radius 2 is 1.81 bits per heavy atom. The number of hydrogen-bond acceptors (Lipinski definition) is 2. The lowest BCUT2D eigenvalue weighted by Crippen LogP contribution is -2.22. The van der Waals surface area contributed by atoms with E-state index >= 15 is 0 Å². The van der Waals surface area contributed by atoms with Crippen molar-refractivity contribution in [1.29, 1.82) is 5.26 Å². The number of carbonyl (C=O) groups is 1. The summed E-state index contributed by atoms with van der Waals surface area (Å²) in [7, 11) is 0. The van der Waals surface area contributed by atoms with Crippen LogP contribution in [0.2, 0.25) is 0 Å². The molecule has 0 spiro atoms. The number of nitriles is 1. The number of amides is 1. The summed E-state index contributed by atoms with van der Waals surface area (Å²) in [5.41, 5.74) is 1.75. The second-order valence-electron chi connectivity index (χ2n) is 6.12. The van der Waals surface area contributed by atoms with E-state index < -0.39 is 17.5 Å². The predicted octanol–water partition coefficient (Wildman–Crippen LogP) is 3.73. The Kier molecular flexibility index (Phi) is 3.69. The van der Waals surface area contributed by atoms with Crippen molar-refractivity contribution < 1.29 is 18.0 Å². The van der Waals surface area contributed by atoms with Gasteiger partial charge in [-0.3, -0.25) is 4.79 Å². The number of rotatable bonds is 1. The Morgan fingerprint density at radius 3 is 2.50 bits per heavy atom. The number of halogens is 3. The van der Waals surface area contributed by atoms with Crippen molar-refractivity contribution in [2.75, 3.05) is 6.54 Å². The van der Waals surface area contributed by atoms with E-state index in [1.807, 2.05) is 6.07 Å². The van der Waals surface area contributed by atoms with E-state index in [1.165, 1.54) is 6.07 Å². The topological polar surface area (TPSA) is 57.8 Å². The Hall–Kier alpha value is -3.27.